The lowest BCUT2D eigenvalue weighted by atomic mass is 10.1. The first-order valence-electron chi connectivity index (χ1n) is 7.35. The maximum absolute atomic E-state index is 11.9. The van der Waals surface area contributed by atoms with Crippen LogP contribution in [0.2, 0.25) is 0 Å². The van der Waals surface area contributed by atoms with Crippen LogP contribution in [0.15, 0.2) is 53.7 Å². The minimum absolute atomic E-state index is 0.0487. The van der Waals surface area contributed by atoms with Gasteiger partial charge in [-0.05, 0) is 29.4 Å². The van der Waals surface area contributed by atoms with E-state index in [0.29, 0.717) is 5.95 Å². The average molecular weight is 327 g/mol. The van der Waals surface area contributed by atoms with Crippen LogP contribution in [0.5, 0.6) is 0 Å². The van der Waals surface area contributed by atoms with Crippen LogP contribution in [0, 0.1) is 0 Å². The second-order valence-corrected chi connectivity index (χ2v) is 6.18. The summed E-state index contributed by atoms with van der Waals surface area (Å²) in [5, 5.41) is 4.71. The standard InChI is InChI=1S/C18H21N3OS/c1-5-23-13(2)15-9-6-14(7-10-15)8-11-16-12-17(22)21(4)18(19-3)20-16/h5-7,9-10,12H,1-2,8,11H2,3-4H3,(H,19,20). The Kier molecular flexibility index (Phi) is 5.82. The second-order valence-electron chi connectivity index (χ2n) is 5.12. The van der Waals surface area contributed by atoms with E-state index in [1.165, 1.54) is 21.9 Å². The summed E-state index contributed by atoms with van der Waals surface area (Å²) < 4.78 is 1.50. The van der Waals surface area contributed by atoms with Crippen LogP contribution >= 0.6 is 11.8 Å². The Morgan fingerprint density at radius 1 is 1.35 bits per heavy atom. The molecule has 0 fully saturated rings. The van der Waals surface area contributed by atoms with Gasteiger partial charge in [0.05, 0.1) is 5.69 Å². The summed E-state index contributed by atoms with van der Waals surface area (Å²) in [5.41, 5.74) is 3.06. The van der Waals surface area contributed by atoms with E-state index in [2.05, 4.69) is 47.7 Å². The largest absolute Gasteiger partial charge is 0.359 e. The Labute approximate surface area is 141 Å². The lowest BCUT2D eigenvalue weighted by Gasteiger charge is -2.09. The van der Waals surface area contributed by atoms with Gasteiger partial charge in [0, 0.05) is 25.1 Å². The van der Waals surface area contributed by atoms with Gasteiger partial charge in [-0.1, -0.05) is 49.2 Å². The molecule has 0 spiro atoms. The van der Waals surface area contributed by atoms with Gasteiger partial charge < -0.3 is 5.32 Å². The van der Waals surface area contributed by atoms with Gasteiger partial charge in [-0.2, -0.15) is 0 Å². The Balaban J connectivity index is 2.06. The summed E-state index contributed by atoms with van der Waals surface area (Å²) in [6.45, 7) is 7.71. The Morgan fingerprint density at radius 3 is 2.65 bits per heavy atom. The minimum Gasteiger partial charge on any atom is -0.359 e. The molecule has 1 aromatic heterocycles. The number of rotatable bonds is 7. The first-order chi connectivity index (χ1) is 11.0. The van der Waals surface area contributed by atoms with E-state index in [-0.39, 0.29) is 5.56 Å². The van der Waals surface area contributed by atoms with Crippen molar-refractivity contribution in [1.82, 2.24) is 9.55 Å². The van der Waals surface area contributed by atoms with Crippen LogP contribution in [-0.2, 0) is 19.9 Å². The fourth-order valence-corrected chi connectivity index (χ4v) is 2.71. The fourth-order valence-electron chi connectivity index (χ4n) is 2.24. The summed E-state index contributed by atoms with van der Waals surface area (Å²) >= 11 is 1.52. The molecular weight excluding hydrogens is 306 g/mol. The van der Waals surface area contributed by atoms with Gasteiger partial charge in [0.15, 0.2) is 0 Å². The Hall–Kier alpha value is -2.27. The van der Waals surface area contributed by atoms with Crippen molar-refractivity contribution in [1.29, 1.82) is 0 Å². The lowest BCUT2D eigenvalue weighted by Crippen LogP contribution is -2.21. The molecule has 1 heterocycles. The number of anilines is 1. The SMILES string of the molecule is C=CSC(=C)c1ccc(CCc2cc(=O)n(C)c(NC)n2)cc1. The minimum atomic E-state index is -0.0487. The molecule has 2 aromatic rings. The monoisotopic (exact) mass is 327 g/mol. The molecule has 0 atom stereocenters. The Bertz CT molecular complexity index is 763. The average Bonchev–Trinajstić information content (AvgIpc) is 2.56. The third kappa shape index (κ3) is 4.36. The highest BCUT2D eigenvalue weighted by Crippen LogP contribution is 2.26. The Morgan fingerprint density at radius 2 is 2.04 bits per heavy atom. The molecule has 1 N–H and O–H groups in total. The number of hydrogen-bond acceptors (Lipinski definition) is 4. The van der Waals surface area contributed by atoms with Crippen LogP contribution in [-0.4, -0.2) is 16.6 Å². The van der Waals surface area contributed by atoms with E-state index in [0.717, 1.165) is 29.0 Å². The van der Waals surface area contributed by atoms with Crippen molar-refractivity contribution in [2.45, 2.75) is 12.8 Å². The molecule has 0 amide bonds. The van der Waals surface area contributed by atoms with Gasteiger partial charge in [-0.15, -0.1) is 0 Å². The summed E-state index contributed by atoms with van der Waals surface area (Å²) in [7, 11) is 3.47. The highest BCUT2D eigenvalue weighted by Gasteiger charge is 2.05. The molecule has 0 aliphatic rings. The van der Waals surface area contributed by atoms with Crippen LogP contribution < -0.4 is 10.9 Å². The first-order valence-corrected chi connectivity index (χ1v) is 8.23. The molecule has 0 aliphatic heterocycles. The van der Waals surface area contributed by atoms with E-state index < -0.39 is 0 Å². The molecule has 5 heteroatoms. The predicted molar refractivity (Wildman–Crippen MR) is 99.7 cm³/mol. The molecule has 0 saturated carbocycles. The van der Waals surface area contributed by atoms with Crippen molar-refractivity contribution in [3.8, 4) is 0 Å². The summed E-state index contributed by atoms with van der Waals surface area (Å²) in [5.74, 6) is 0.584. The zero-order valence-electron chi connectivity index (χ0n) is 13.5. The number of aromatic nitrogens is 2. The molecule has 120 valence electrons. The van der Waals surface area contributed by atoms with E-state index in [1.54, 1.807) is 25.6 Å². The number of hydrogen-bond donors (Lipinski definition) is 1. The maximum Gasteiger partial charge on any atom is 0.254 e. The third-order valence-electron chi connectivity index (χ3n) is 3.58. The third-order valence-corrected chi connectivity index (χ3v) is 4.27. The van der Waals surface area contributed by atoms with Crippen LogP contribution in [0.4, 0.5) is 5.95 Å². The molecule has 0 saturated heterocycles. The van der Waals surface area contributed by atoms with Gasteiger partial charge in [-0.25, -0.2) is 4.98 Å². The van der Waals surface area contributed by atoms with E-state index >= 15 is 0 Å². The second kappa shape index (κ2) is 7.83. The topological polar surface area (TPSA) is 46.9 Å². The number of aryl methyl sites for hydroxylation is 2. The highest BCUT2D eigenvalue weighted by molar-refractivity contribution is 8.10. The molecule has 4 nitrogen and oxygen atoms in total. The first kappa shape index (κ1) is 17.1. The van der Waals surface area contributed by atoms with Crippen LogP contribution in [0.25, 0.3) is 4.91 Å². The van der Waals surface area contributed by atoms with Gasteiger partial charge >= 0.3 is 0 Å². The van der Waals surface area contributed by atoms with Crippen molar-refractivity contribution in [3.63, 3.8) is 0 Å². The molecule has 1 aromatic carbocycles. The molecule has 2 rings (SSSR count). The number of nitrogens with zero attached hydrogens (tertiary/aromatic N) is 2. The van der Waals surface area contributed by atoms with Crippen molar-refractivity contribution in [2.75, 3.05) is 12.4 Å². The summed E-state index contributed by atoms with van der Waals surface area (Å²) in [4.78, 5) is 17.3. The van der Waals surface area contributed by atoms with Crippen molar-refractivity contribution >= 4 is 22.6 Å². The van der Waals surface area contributed by atoms with Gasteiger partial charge in [-0.3, -0.25) is 9.36 Å². The molecule has 0 bridgehead atoms. The van der Waals surface area contributed by atoms with Gasteiger partial charge in [0.2, 0.25) is 5.95 Å². The number of thioether (sulfide) groups is 1. The van der Waals surface area contributed by atoms with Crippen molar-refractivity contribution in [3.05, 3.63) is 76.1 Å². The maximum atomic E-state index is 11.9. The van der Waals surface area contributed by atoms with Crippen LogP contribution in [0.3, 0.4) is 0 Å². The van der Waals surface area contributed by atoms with Gasteiger partial charge in [0.1, 0.15) is 0 Å². The van der Waals surface area contributed by atoms with Crippen molar-refractivity contribution in [2.24, 2.45) is 7.05 Å². The zero-order chi connectivity index (χ0) is 16.8. The molecule has 0 aliphatic carbocycles. The van der Waals surface area contributed by atoms with E-state index in [9.17, 15) is 4.79 Å². The summed E-state index contributed by atoms with van der Waals surface area (Å²) in [6, 6.07) is 9.89. The van der Waals surface area contributed by atoms with E-state index in [1.807, 2.05) is 0 Å². The van der Waals surface area contributed by atoms with Gasteiger partial charge in [0.25, 0.3) is 5.56 Å². The smallest absolute Gasteiger partial charge is 0.254 e. The number of nitrogens with one attached hydrogen (secondary N) is 1. The predicted octanol–water partition coefficient (Wildman–Crippen LogP) is 3.45. The van der Waals surface area contributed by atoms with Crippen LogP contribution in [0.1, 0.15) is 16.8 Å². The molecular formula is C18H21N3OS. The zero-order valence-corrected chi connectivity index (χ0v) is 14.3. The van der Waals surface area contributed by atoms with Crippen molar-refractivity contribution < 1.29 is 0 Å². The lowest BCUT2D eigenvalue weighted by molar-refractivity contribution is 0.799. The van der Waals surface area contributed by atoms with E-state index in [4.69, 9.17) is 0 Å². The summed E-state index contributed by atoms with van der Waals surface area (Å²) in [6.07, 6.45) is 1.57. The normalized spacial score (nSPS) is 10.3. The molecule has 0 unspecified atom stereocenters. The fraction of sp³-hybridized carbons (Fsp3) is 0.222. The quantitative estimate of drug-likeness (QED) is 0.846. The molecule has 0 radical (unpaired) electrons. The highest BCUT2D eigenvalue weighted by atomic mass is 32.2. The number of benzene rings is 1. The molecule has 23 heavy (non-hydrogen) atoms.